The summed E-state index contributed by atoms with van der Waals surface area (Å²) in [4.78, 5) is 9.79. The van der Waals surface area contributed by atoms with Crippen LogP contribution in [0.4, 0.5) is 0 Å². The standard InChI is InChI=1S/C58H34N4O2/c1-2-9-40(10-3-1)61-49-13-6-4-11-42(49)44-31-37(20-25-51(44)61)35-16-18-36(19-17-35)38-21-26-52-45(32-38)43-12-5-7-14-50(43)62(52)41-23-28-54-47(34-41)58-56(64-54)29-24-48(60-58)39-22-27-53-46(33-39)57-55(63-53)15-8-30-59-57/h1-34H. The molecule has 0 unspecified atom stereocenters. The van der Waals surface area contributed by atoms with Crippen LogP contribution in [0.15, 0.2) is 215 Å². The van der Waals surface area contributed by atoms with Crippen LogP contribution in [0.5, 0.6) is 0 Å². The molecule has 0 saturated carbocycles. The molecule has 64 heavy (non-hydrogen) atoms. The summed E-state index contributed by atoms with van der Waals surface area (Å²) in [7, 11) is 0. The molecule has 6 heteroatoms. The zero-order chi connectivity index (χ0) is 41.9. The van der Waals surface area contributed by atoms with E-state index in [0.29, 0.717) is 0 Å². The van der Waals surface area contributed by atoms with Crippen LogP contribution in [0.25, 0.3) is 133 Å². The average molecular weight is 819 g/mol. The van der Waals surface area contributed by atoms with Crippen molar-refractivity contribution in [2.45, 2.75) is 0 Å². The van der Waals surface area contributed by atoms with E-state index in [2.05, 4.69) is 184 Å². The quantitative estimate of drug-likeness (QED) is 0.174. The largest absolute Gasteiger partial charge is 0.454 e. The number of pyridine rings is 2. The maximum Gasteiger partial charge on any atom is 0.153 e. The molecule has 0 aliphatic carbocycles. The van der Waals surface area contributed by atoms with Crippen molar-refractivity contribution in [1.82, 2.24) is 19.1 Å². The van der Waals surface area contributed by atoms with Crippen LogP contribution < -0.4 is 0 Å². The lowest BCUT2D eigenvalue weighted by molar-refractivity contribution is 0.667. The molecule has 0 aliphatic heterocycles. The summed E-state index contributed by atoms with van der Waals surface area (Å²) >= 11 is 0. The van der Waals surface area contributed by atoms with Crippen molar-refractivity contribution in [1.29, 1.82) is 0 Å². The van der Waals surface area contributed by atoms with E-state index in [1.54, 1.807) is 6.20 Å². The number of hydrogen-bond acceptors (Lipinski definition) is 4. The molecule has 6 nitrogen and oxygen atoms in total. The topological polar surface area (TPSA) is 61.9 Å². The Balaban J connectivity index is 0.833. The Labute approximate surface area is 365 Å². The van der Waals surface area contributed by atoms with Gasteiger partial charge in [-0.25, -0.2) is 4.98 Å². The molecule has 0 amide bonds. The Hall–Kier alpha value is -8.74. The molecule has 0 N–H and O–H groups in total. The first kappa shape index (κ1) is 34.9. The van der Waals surface area contributed by atoms with E-state index < -0.39 is 0 Å². The zero-order valence-corrected chi connectivity index (χ0v) is 34.2. The second kappa shape index (κ2) is 13.4. The lowest BCUT2D eigenvalue weighted by Crippen LogP contribution is -1.93. The van der Waals surface area contributed by atoms with Crippen molar-refractivity contribution in [3.8, 4) is 44.9 Å². The van der Waals surface area contributed by atoms with Gasteiger partial charge in [0.25, 0.3) is 0 Å². The number of para-hydroxylation sites is 3. The van der Waals surface area contributed by atoms with Gasteiger partial charge in [0.2, 0.25) is 0 Å². The van der Waals surface area contributed by atoms with Gasteiger partial charge in [-0.2, -0.15) is 0 Å². The van der Waals surface area contributed by atoms with E-state index in [1.165, 1.54) is 54.8 Å². The van der Waals surface area contributed by atoms with E-state index in [0.717, 1.165) is 77.8 Å². The summed E-state index contributed by atoms with van der Waals surface area (Å²) in [5, 5.41) is 6.84. The number of rotatable bonds is 5. The van der Waals surface area contributed by atoms with Gasteiger partial charge in [0, 0.05) is 55.5 Å². The molecular formula is C58H34N4O2. The van der Waals surface area contributed by atoms with Gasteiger partial charge in [0.15, 0.2) is 11.2 Å². The van der Waals surface area contributed by atoms with Crippen LogP contribution in [-0.4, -0.2) is 19.1 Å². The number of hydrogen-bond donors (Lipinski definition) is 0. The summed E-state index contributed by atoms with van der Waals surface area (Å²) < 4.78 is 17.1. The third-order valence-corrected chi connectivity index (χ3v) is 13.0. The maximum atomic E-state index is 6.36. The highest BCUT2D eigenvalue weighted by Gasteiger charge is 2.18. The zero-order valence-electron chi connectivity index (χ0n) is 34.2. The molecular weight excluding hydrogens is 785 g/mol. The fourth-order valence-electron chi connectivity index (χ4n) is 9.98. The fourth-order valence-corrected chi connectivity index (χ4v) is 9.98. The SMILES string of the molecule is c1ccc(-n2c3ccccc3c3cc(-c4ccc(-c5ccc6c(c5)c5ccccc5n6-c5ccc6oc7ccc(-c8ccc9oc%10cccnc%10c9c8)nc7c6c5)cc4)ccc32)cc1. The van der Waals surface area contributed by atoms with Gasteiger partial charge in [0.1, 0.15) is 22.2 Å². The molecule has 0 radical (unpaired) electrons. The molecule has 0 aliphatic rings. The van der Waals surface area contributed by atoms with Crippen molar-refractivity contribution >= 4 is 87.7 Å². The summed E-state index contributed by atoms with van der Waals surface area (Å²) in [6.07, 6.45) is 1.80. The number of nitrogens with zero attached hydrogens (tertiary/aromatic N) is 4. The minimum atomic E-state index is 0.751. The van der Waals surface area contributed by atoms with Gasteiger partial charge in [0.05, 0.1) is 27.8 Å². The molecule has 0 atom stereocenters. The van der Waals surface area contributed by atoms with E-state index in [9.17, 15) is 0 Å². The third-order valence-electron chi connectivity index (χ3n) is 13.0. The Morgan fingerprint density at radius 2 is 0.828 bits per heavy atom. The summed E-state index contributed by atoms with van der Waals surface area (Å²) in [6, 6.07) is 71.1. The van der Waals surface area contributed by atoms with Gasteiger partial charge in [-0.05, 0) is 131 Å². The molecule has 14 rings (SSSR count). The minimum Gasteiger partial charge on any atom is -0.454 e. The predicted molar refractivity (Wildman–Crippen MR) is 262 cm³/mol. The lowest BCUT2D eigenvalue weighted by atomic mass is 9.98. The highest BCUT2D eigenvalue weighted by atomic mass is 16.3. The van der Waals surface area contributed by atoms with Crippen LogP contribution in [0.2, 0.25) is 0 Å². The molecule has 14 aromatic rings. The van der Waals surface area contributed by atoms with E-state index >= 15 is 0 Å². The first-order chi connectivity index (χ1) is 31.7. The molecule has 0 spiro atoms. The van der Waals surface area contributed by atoms with Crippen LogP contribution in [0.3, 0.4) is 0 Å². The summed E-state index contributed by atoms with van der Waals surface area (Å²) in [5.74, 6) is 0. The number of benzene rings is 8. The fraction of sp³-hybridized carbons (Fsp3) is 0. The molecule has 0 bridgehead atoms. The first-order valence-corrected chi connectivity index (χ1v) is 21.5. The summed E-state index contributed by atoms with van der Waals surface area (Å²) in [6.45, 7) is 0. The Bertz CT molecular complexity index is 4190. The van der Waals surface area contributed by atoms with Gasteiger partial charge >= 0.3 is 0 Å². The van der Waals surface area contributed by atoms with Crippen molar-refractivity contribution < 1.29 is 8.83 Å². The Kier molecular flexibility index (Phi) is 7.30. The Morgan fingerprint density at radius 1 is 0.312 bits per heavy atom. The van der Waals surface area contributed by atoms with Crippen LogP contribution >= 0.6 is 0 Å². The monoisotopic (exact) mass is 818 g/mol. The maximum absolute atomic E-state index is 6.36. The van der Waals surface area contributed by atoms with Crippen molar-refractivity contribution in [2.24, 2.45) is 0 Å². The first-order valence-electron chi connectivity index (χ1n) is 21.5. The highest BCUT2D eigenvalue weighted by molar-refractivity contribution is 6.13. The molecule has 0 fully saturated rings. The molecule has 298 valence electrons. The van der Waals surface area contributed by atoms with E-state index in [4.69, 9.17) is 13.8 Å². The number of aromatic nitrogens is 4. The third kappa shape index (κ3) is 5.20. The van der Waals surface area contributed by atoms with Crippen molar-refractivity contribution in [2.75, 3.05) is 0 Å². The summed E-state index contributed by atoms with van der Waals surface area (Å²) in [5.41, 5.74) is 18.3. The van der Waals surface area contributed by atoms with Crippen LogP contribution in [0, 0.1) is 0 Å². The smallest absolute Gasteiger partial charge is 0.153 e. The highest BCUT2D eigenvalue weighted by Crippen LogP contribution is 2.40. The lowest BCUT2D eigenvalue weighted by Gasteiger charge is -2.09. The van der Waals surface area contributed by atoms with E-state index in [-0.39, 0.29) is 0 Å². The van der Waals surface area contributed by atoms with Crippen LogP contribution in [0.1, 0.15) is 0 Å². The second-order valence-electron chi connectivity index (χ2n) is 16.6. The number of fused-ring (bicyclic) bond motifs is 12. The van der Waals surface area contributed by atoms with Gasteiger partial charge < -0.3 is 18.0 Å². The normalized spacial score (nSPS) is 12.1. The second-order valence-corrected chi connectivity index (χ2v) is 16.6. The predicted octanol–water partition coefficient (Wildman–Crippen LogP) is 15.5. The molecule has 8 aromatic carbocycles. The van der Waals surface area contributed by atoms with Gasteiger partial charge in [-0.1, -0.05) is 91.0 Å². The van der Waals surface area contributed by atoms with Crippen molar-refractivity contribution in [3.63, 3.8) is 0 Å². The Morgan fingerprint density at radius 3 is 1.52 bits per heavy atom. The van der Waals surface area contributed by atoms with Gasteiger partial charge in [-0.15, -0.1) is 0 Å². The molecule has 6 heterocycles. The molecule has 6 aromatic heterocycles. The minimum absolute atomic E-state index is 0.751. The van der Waals surface area contributed by atoms with E-state index in [1.807, 2.05) is 30.3 Å². The number of furan rings is 2. The van der Waals surface area contributed by atoms with Crippen molar-refractivity contribution in [3.05, 3.63) is 206 Å². The van der Waals surface area contributed by atoms with Crippen LogP contribution in [-0.2, 0) is 0 Å². The molecule has 0 saturated heterocycles. The average Bonchev–Trinajstić information content (AvgIpc) is 4.11. The van der Waals surface area contributed by atoms with Gasteiger partial charge in [-0.3, -0.25) is 4.98 Å².